The van der Waals surface area contributed by atoms with Crippen LogP contribution in [-0.2, 0) is 4.79 Å². The van der Waals surface area contributed by atoms with Crippen molar-refractivity contribution < 1.29 is 4.79 Å². The number of hydrogen-bond donors (Lipinski definition) is 1. The highest BCUT2D eigenvalue weighted by molar-refractivity contribution is 5.78. The number of rotatable bonds is 5. The summed E-state index contributed by atoms with van der Waals surface area (Å²) in [5, 5.41) is 0. The summed E-state index contributed by atoms with van der Waals surface area (Å²) in [4.78, 5) is 14.4. The van der Waals surface area contributed by atoms with Crippen molar-refractivity contribution in [3.63, 3.8) is 0 Å². The molecule has 1 amide bonds. The molecular formula is C15H30N2O. The van der Waals surface area contributed by atoms with Crippen molar-refractivity contribution in [2.75, 3.05) is 19.6 Å². The van der Waals surface area contributed by atoms with Crippen LogP contribution in [0.25, 0.3) is 0 Å². The van der Waals surface area contributed by atoms with Crippen LogP contribution < -0.4 is 5.73 Å². The van der Waals surface area contributed by atoms with Gasteiger partial charge in [-0.15, -0.1) is 0 Å². The first kappa shape index (κ1) is 15.5. The van der Waals surface area contributed by atoms with Crippen molar-refractivity contribution >= 4 is 5.91 Å². The molecule has 0 spiro atoms. The van der Waals surface area contributed by atoms with Crippen molar-refractivity contribution in [3.8, 4) is 0 Å². The van der Waals surface area contributed by atoms with Gasteiger partial charge in [0.2, 0.25) is 5.91 Å². The third-order valence-electron chi connectivity index (χ3n) is 4.29. The summed E-state index contributed by atoms with van der Waals surface area (Å²) in [7, 11) is 0. The van der Waals surface area contributed by atoms with Crippen LogP contribution in [0.15, 0.2) is 0 Å². The lowest BCUT2D eigenvalue weighted by Crippen LogP contribution is -2.36. The Morgan fingerprint density at radius 3 is 2.61 bits per heavy atom. The Labute approximate surface area is 112 Å². The maximum Gasteiger partial charge on any atom is 0.225 e. The second-order valence-electron chi connectivity index (χ2n) is 6.09. The van der Waals surface area contributed by atoms with Crippen LogP contribution in [0.1, 0.15) is 52.9 Å². The second-order valence-corrected chi connectivity index (χ2v) is 6.09. The molecule has 0 aromatic rings. The van der Waals surface area contributed by atoms with Crippen molar-refractivity contribution in [1.29, 1.82) is 0 Å². The molecule has 2 atom stereocenters. The molecule has 2 N–H and O–H groups in total. The highest BCUT2D eigenvalue weighted by Crippen LogP contribution is 2.25. The van der Waals surface area contributed by atoms with Gasteiger partial charge in [-0.25, -0.2) is 0 Å². The van der Waals surface area contributed by atoms with Crippen molar-refractivity contribution in [3.05, 3.63) is 0 Å². The van der Waals surface area contributed by atoms with Gasteiger partial charge in [-0.3, -0.25) is 4.79 Å². The number of carbonyl (C=O) groups excluding carboxylic acids is 1. The minimum absolute atomic E-state index is 0.143. The molecule has 106 valence electrons. The lowest BCUT2D eigenvalue weighted by Gasteiger charge is -2.24. The fraction of sp³-hybridized carbons (Fsp3) is 0.933. The highest BCUT2D eigenvalue weighted by atomic mass is 16.2. The molecule has 1 heterocycles. The molecule has 0 saturated carbocycles. The van der Waals surface area contributed by atoms with Crippen LogP contribution in [0.2, 0.25) is 0 Å². The Morgan fingerprint density at radius 1 is 1.28 bits per heavy atom. The molecule has 0 aromatic heterocycles. The molecule has 1 aliphatic heterocycles. The average Bonchev–Trinajstić information content (AvgIpc) is 2.60. The lowest BCUT2D eigenvalue weighted by molar-refractivity contribution is -0.135. The average molecular weight is 254 g/mol. The summed E-state index contributed by atoms with van der Waals surface area (Å²) < 4.78 is 0. The van der Waals surface area contributed by atoms with E-state index in [-0.39, 0.29) is 5.92 Å². The van der Waals surface area contributed by atoms with E-state index in [4.69, 9.17) is 5.73 Å². The van der Waals surface area contributed by atoms with Crippen LogP contribution in [0, 0.1) is 17.8 Å². The molecule has 0 aromatic carbocycles. The maximum absolute atomic E-state index is 12.3. The number of amides is 1. The van der Waals surface area contributed by atoms with E-state index in [1.54, 1.807) is 0 Å². The van der Waals surface area contributed by atoms with Gasteiger partial charge in [0, 0.05) is 19.0 Å². The summed E-state index contributed by atoms with van der Waals surface area (Å²) >= 11 is 0. The number of hydrogen-bond acceptors (Lipinski definition) is 2. The van der Waals surface area contributed by atoms with E-state index in [1.165, 1.54) is 12.8 Å². The molecule has 18 heavy (non-hydrogen) atoms. The monoisotopic (exact) mass is 254 g/mol. The van der Waals surface area contributed by atoms with Crippen molar-refractivity contribution in [2.24, 2.45) is 23.5 Å². The van der Waals surface area contributed by atoms with Gasteiger partial charge in [0.15, 0.2) is 0 Å². The molecule has 3 nitrogen and oxygen atoms in total. The van der Waals surface area contributed by atoms with Crippen LogP contribution in [-0.4, -0.2) is 30.4 Å². The van der Waals surface area contributed by atoms with Crippen LogP contribution in [0.4, 0.5) is 0 Å². The Hall–Kier alpha value is -0.570. The minimum atomic E-state index is 0.143. The van der Waals surface area contributed by atoms with Crippen LogP contribution in [0.3, 0.4) is 0 Å². The molecule has 1 aliphatic rings. The summed E-state index contributed by atoms with van der Waals surface area (Å²) in [6, 6.07) is 0. The van der Waals surface area contributed by atoms with E-state index in [2.05, 4.69) is 18.7 Å². The van der Waals surface area contributed by atoms with Crippen LogP contribution in [0.5, 0.6) is 0 Å². The minimum Gasteiger partial charge on any atom is -0.342 e. The van der Waals surface area contributed by atoms with E-state index in [0.717, 1.165) is 44.2 Å². The summed E-state index contributed by atoms with van der Waals surface area (Å²) in [5.41, 5.74) is 5.51. The molecule has 0 bridgehead atoms. The molecule has 1 rings (SSSR count). The zero-order valence-corrected chi connectivity index (χ0v) is 12.3. The number of carbonyl (C=O) groups is 1. The third-order valence-corrected chi connectivity index (χ3v) is 4.29. The summed E-state index contributed by atoms with van der Waals surface area (Å²) in [5.74, 6) is 2.02. The van der Waals surface area contributed by atoms with Gasteiger partial charge in [-0.1, -0.05) is 20.8 Å². The van der Waals surface area contributed by atoms with E-state index < -0.39 is 0 Å². The first-order chi connectivity index (χ1) is 8.56. The van der Waals surface area contributed by atoms with Gasteiger partial charge in [0.25, 0.3) is 0 Å². The molecule has 3 heteroatoms. The first-order valence-corrected chi connectivity index (χ1v) is 7.55. The SMILES string of the molecule is CC(CCCN)C(=O)N1CCCC(C(C)C)CC1. The normalized spacial score (nSPS) is 22.9. The van der Waals surface area contributed by atoms with Crippen molar-refractivity contribution in [2.45, 2.75) is 52.9 Å². The van der Waals surface area contributed by atoms with Crippen molar-refractivity contribution in [1.82, 2.24) is 4.90 Å². The largest absolute Gasteiger partial charge is 0.342 e. The Balaban J connectivity index is 2.44. The van der Waals surface area contributed by atoms with E-state index in [0.29, 0.717) is 12.5 Å². The molecule has 1 fully saturated rings. The molecule has 0 aliphatic carbocycles. The quantitative estimate of drug-likeness (QED) is 0.820. The van der Waals surface area contributed by atoms with E-state index >= 15 is 0 Å². The molecular weight excluding hydrogens is 224 g/mol. The highest BCUT2D eigenvalue weighted by Gasteiger charge is 2.24. The summed E-state index contributed by atoms with van der Waals surface area (Å²) in [6.45, 7) is 9.23. The molecule has 1 saturated heterocycles. The number of nitrogens with two attached hydrogens (primary N) is 1. The first-order valence-electron chi connectivity index (χ1n) is 7.55. The topological polar surface area (TPSA) is 46.3 Å². The fourth-order valence-electron chi connectivity index (χ4n) is 2.87. The fourth-order valence-corrected chi connectivity index (χ4v) is 2.87. The Morgan fingerprint density at radius 2 is 2.00 bits per heavy atom. The zero-order chi connectivity index (χ0) is 13.5. The van der Waals surface area contributed by atoms with Crippen LogP contribution >= 0.6 is 0 Å². The lowest BCUT2D eigenvalue weighted by atomic mass is 9.89. The predicted octanol–water partition coefficient (Wildman–Crippen LogP) is 2.65. The van der Waals surface area contributed by atoms with Gasteiger partial charge in [0.05, 0.1) is 0 Å². The maximum atomic E-state index is 12.3. The van der Waals surface area contributed by atoms with E-state index in [9.17, 15) is 4.79 Å². The molecule has 2 unspecified atom stereocenters. The van der Waals surface area contributed by atoms with Gasteiger partial charge in [-0.05, 0) is 50.5 Å². The summed E-state index contributed by atoms with van der Waals surface area (Å²) in [6.07, 6.45) is 5.50. The number of likely N-dealkylation sites (tertiary alicyclic amines) is 1. The zero-order valence-electron chi connectivity index (χ0n) is 12.3. The second kappa shape index (κ2) is 7.78. The van der Waals surface area contributed by atoms with Gasteiger partial charge in [-0.2, -0.15) is 0 Å². The van der Waals surface area contributed by atoms with E-state index in [1.807, 2.05) is 6.92 Å². The Bertz CT molecular complexity index is 253. The predicted molar refractivity (Wildman–Crippen MR) is 76.2 cm³/mol. The third kappa shape index (κ3) is 4.60. The molecule has 0 radical (unpaired) electrons. The van der Waals surface area contributed by atoms with Gasteiger partial charge in [0.1, 0.15) is 0 Å². The van der Waals surface area contributed by atoms with Gasteiger partial charge >= 0.3 is 0 Å². The standard InChI is InChI=1S/C15H30N2O/c1-12(2)14-7-5-10-17(11-8-14)15(18)13(3)6-4-9-16/h12-14H,4-11,16H2,1-3H3. The smallest absolute Gasteiger partial charge is 0.225 e. The van der Waals surface area contributed by atoms with Gasteiger partial charge < -0.3 is 10.6 Å². The Kier molecular flexibility index (Phi) is 6.69. The number of nitrogens with zero attached hydrogens (tertiary/aromatic N) is 1.